The van der Waals surface area contributed by atoms with Crippen molar-refractivity contribution in [1.82, 2.24) is 9.80 Å². The normalized spacial score (nSPS) is 29.3. The van der Waals surface area contributed by atoms with Crippen molar-refractivity contribution in [1.29, 1.82) is 0 Å². The smallest absolute Gasteiger partial charge is 0.262 e. The summed E-state index contributed by atoms with van der Waals surface area (Å²) in [6.07, 6.45) is 6.04. The first-order valence-electron chi connectivity index (χ1n) is 10.0. The number of amides is 2. The number of carbonyl (C=O) groups excluding carboxylic acids is 2. The van der Waals surface area contributed by atoms with Crippen molar-refractivity contribution < 1.29 is 9.59 Å². The average molecular weight is 368 g/mol. The highest BCUT2D eigenvalue weighted by atomic mass is 16.2. The van der Waals surface area contributed by atoms with E-state index in [1.54, 1.807) is 7.05 Å². The van der Waals surface area contributed by atoms with Gasteiger partial charge in [-0.2, -0.15) is 0 Å². The van der Waals surface area contributed by atoms with Gasteiger partial charge in [0.15, 0.2) is 11.5 Å². The van der Waals surface area contributed by atoms with Crippen molar-refractivity contribution in [2.24, 2.45) is 22.6 Å². The number of rotatable bonds is 3. The summed E-state index contributed by atoms with van der Waals surface area (Å²) in [4.78, 5) is 34.4. The summed E-state index contributed by atoms with van der Waals surface area (Å²) in [5.41, 5.74) is 5.90. The summed E-state index contributed by atoms with van der Waals surface area (Å²) in [7, 11) is 1.68. The number of likely N-dealkylation sites (N-methyl/N-ethyl adjacent to an activating group) is 1. The summed E-state index contributed by atoms with van der Waals surface area (Å²) in [6.45, 7) is 1.35. The van der Waals surface area contributed by atoms with Crippen molar-refractivity contribution in [2.45, 2.75) is 44.1 Å². The van der Waals surface area contributed by atoms with Gasteiger partial charge in [0.05, 0.1) is 0 Å². The van der Waals surface area contributed by atoms with E-state index in [-0.39, 0.29) is 29.6 Å². The lowest BCUT2D eigenvalue weighted by molar-refractivity contribution is -0.141. The molecule has 2 atom stereocenters. The Morgan fingerprint density at radius 1 is 1.15 bits per heavy atom. The molecule has 1 saturated heterocycles. The quantitative estimate of drug-likeness (QED) is 0.887. The summed E-state index contributed by atoms with van der Waals surface area (Å²) in [6, 6.07) is 9.69. The molecule has 0 spiro atoms. The molecule has 3 aliphatic rings. The van der Waals surface area contributed by atoms with Crippen LogP contribution in [0.5, 0.6) is 0 Å². The van der Waals surface area contributed by atoms with Gasteiger partial charge in [-0.05, 0) is 31.2 Å². The minimum Gasteiger partial charge on any atom is -0.369 e. The molecule has 144 valence electrons. The van der Waals surface area contributed by atoms with Crippen molar-refractivity contribution in [3.8, 4) is 0 Å². The number of benzene rings is 1. The topological polar surface area (TPSA) is 79.0 Å². The van der Waals surface area contributed by atoms with Crippen LogP contribution in [0.15, 0.2) is 35.3 Å². The van der Waals surface area contributed by atoms with Gasteiger partial charge in [-0.3, -0.25) is 14.5 Å². The number of hydrogen-bond acceptors (Lipinski definition) is 4. The van der Waals surface area contributed by atoms with Gasteiger partial charge < -0.3 is 10.6 Å². The Bertz CT molecular complexity index is 757. The predicted octanol–water partition coefficient (Wildman–Crippen LogP) is 2.10. The third kappa shape index (κ3) is 2.91. The zero-order valence-corrected chi connectivity index (χ0v) is 15.9. The monoisotopic (exact) mass is 368 g/mol. The number of guanidine groups is 1. The lowest BCUT2D eigenvalue weighted by atomic mass is 9.74. The Labute approximate surface area is 160 Å². The largest absolute Gasteiger partial charge is 0.369 e. The summed E-state index contributed by atoms with van der Waals surface area (Å²) >= 11 is 0. The molecule has 4 rings (SSSR count). The van der Waals surface area contributed by atoms with Crippen LogP contribution in [0.1, 0.15) is 44.1 Å². The fourth-order valence-corrected chi connectivity index (χ4v) is 4.99. The molecule has 0 aromatic heterocycles. The van der Waals surface area contributed by atoms with Crippen LogP contribution in [0.3, 0.4) is 0 Å². The van der Waals surface area contributed by atoms with Crippen LogP contribution in [0.4, 0.5) is 0 Å². The fraction of sp³-hybridized carbons (Fsp3) is 0.571. The number of aliphatic imine (C=N–C) groups is 1. The predicted molar refractivity (Wildman–Crippen MR) is 104 cm³/mol. The van der Waals surface area contributed by atoms with E-state index in [1.807, 2.05) is 35.2 Å². The molecule has 2 amide bonds. The molecule has 1 saturated carbocycles. The second-order valence-electron chi connectivity index (χ2n) is 8.07. The van der Waals surface area contributed by atoms with E-state index in [2.05, 4.69) is 0 Å². The van der Waals surface area contributed by atoms with Crippen molar-refractivity contribution >= 4 is 17.8 Å². The Hall–Kier alpha value is -2.37. The molecule has 2 heterocycles. The molecule has 1 aliphatic carbocycles. The van der Waals surface area contributed by atoms with Gasteiger partial charge in [0, 0.05) is 32.0 Å². The third-order valence-corrected chi connectivity index (χ3v) is 6.51. The number of piperidine rings is 1. The van der Waals surface area contributed by atoms with Gasteiger partial charge in [-0.1, -0.05) is 43.2 Å². The summed E-state index contributed by atoms with van der Waals surface area (Å²) in [5, 5.41) is 0. The molecule has 6 nitrogen and oxygen atoms in total. The molecule has 2 unspecified atom stereocenters. The van der Waals surface area contributed by atoms with Crippen LogP contribution in [0.2, 0.25) is 0 Å². The third-order valence-electron chi connectivity index (χ3n) is 6.51. The SMILES string of the molecule is CN1C(=O)C(c2ccccc2)(C2CCCN(C(=O)C3CCCC3)C2)N=C1N. The molecule has 2 fully saturated rings. The van der Waals surface area contributed by atoms with Crippen LogP contribution in [-0.2, 0) is 15.1 Å². The van der Waals surface area contributed by atoms with Gasteiger partial charge in [0.1, 0.15) is 0 Å². The first kappa shape index (κ1) is 18.0. The average Bonchev–Trinajstić information content (AvgIpc) is 3.32. The maximum Gasteiger partial charge on any atom is 0.262 e. The highest BCUT2D eigenvalue weighted by molar-refractivity contribution is 6.07. The molecular weight excluding hydrogens is 340 g/mol. The molecule has 2 N–H and O–H groups in total. The van der Waals surface area contributed by atoms with Crippen LogP contribution >= 0.6 is 0 Å². The lowest BCUT2D eigenvalue weighted by Gasteiger charge is -2.41. The number of nitrogens with two attached hydrogens (primary N) is 1. The Morgan fingerprint density at radius 3 is 2.48 bits per heavy atom. The second kappa shape index (κ2) is 6.98. The highest BCUT2D eigenvalue weighted by Crippen LogP contribution is 2.43. The Kier molecular flexibility index (Phi) is 4.66. The van der Waals surface area contributed by atoms with Gasteiger partial charge in [0.25, 0.3) is 5.91 Å². The first-order chi connectivity index (χ1) is 13.0. The second-order valence-corrected chi connectivity index (χ2v) is 8.07. The summed E-state index contributed by atoms with van der Waals surface area (Å²) < 4.78 is 0. The van der Waals surface area contributed by atoms with Crippen LogP contribution < -0.4 is 5.73 Å². The van der Waals surface area contributed by atoms with Crippen LogP contribution in [-0.4, -0.2) is 47.7 Å². The van der Waals surface area contributed by atoms with Crippen molar-refractivity contribution in [3.05, 3.63) is 35.9 Å². The maximum absolute atomic E-state index is 13.3. The van der Waals surface area contributed by atoms with Crippen molar-refractivity contribution in [2.75, 3.05) is 20.1 Å². The first-order valence-corrected chi connectivity index (χ1v) is 10.0. The van der Waals surface area contributed by atoms with E-state index >= 15 is 0 Å². The molecule has 0 bridgehead atoms. The van der Waals surface area contributed by atoms with Crippen molar-refractivity contribution in [3.63, 3.8) is 0 Å². The van der Waals surface area contributed by atoms with E-state index in [9.17, 15) is 9.59 Å². The van der Waals surface area contributed by atoms with Gasteiger partial charge >= 0.3 is 0 Å². The molecule has 1 aromatic carbocycles. The zero-order valence-electron chi connectivity index (χ0n) is 15.9. The number of likely N-dealkylation sites (tertiary alicyclic amines) is 1. The molecular formula is C21H28N4O2. The van der Waals surface area contributed by atoms with E-state index in [0.29, 0.717) is 6.54 Å². The van der Waals surface area contributed by atoms with Gasteiger partial charge in [-0.25, -0.2) is 4.99 Å². The fourth-order valence-electron chi connectivity index (χ4n) is 4.99. The van der Waals surface area contributed by atoms with E-state index in [4.69, 9.17) is 10.7 Å². The van der Waals surface area contributed by atoms with Gasteiger partial charge in [0.2, 0.25) is 5.91 Å². The number of hydrogen-bond donors (Lipinski definition) is 1. The summed E-state index contributed by atoms with van der Waals surface area (Å²) in [5.74, 6) is 0.521. The van der Waals surface area contributed by atoms with E-state index < -0.39 is 5.54 Å². The van der Waals surface area contributed by atoms with Crippen LogP contribution in [0.25, 0.3) is 0 Å². The van der Waals surface area contributed by atoms with Gasteiger partial charge in [-0.15, -0.1) is 0 Å². The van der Waals surface area contributed by atoms with E-state index in [0.717, 1.165) is 50.6 Å². The van der Waals surface area contributed by atoms with E-state index in [1.165, 1.54) is 4.90 Å². The minimum atomic E-state index is -1.02. The number of carbonyl (C=O) groups is 2. The number of nitrogens with zero attached hydrogens (tertiary/aromatic N) is 3. The highest BCUT2D eigenvalue weighted by Gasteiger charge is 2.54. The maximum atomic E-state index is 13.3. The molecule has 6 heteroatoms. The van der Waals surface area contributed by atoms with Crippen LogP contribution in [0, 0.1) is 11.8 Å². The zero-order chi connectivity index (χ0) is 19.0. The molecule has 27 heavy (non-hydrogen) atoms. The Morgan fingerprint density at radius 2 is 1.85 bits per heavy atom. The molecule has 2 aliphatic heterocycles. The molecule has 0 radical (unpaired) electrons. The lowest BCUT2D eigenvalue weighted by Crippen LogP contribution is -2.52. The standard InChI is InChI=1S/C21H28N4O2/c1-24-19(27)21(23-20(24)22,16-10-3-2-4-11-16)17-12-7-13-25(14-17)18(26)15-8-5-6-9-15/h2-4,10-11,15,17H,5-9,12-14H2,1H3,(H2,22,23). The Balaban J connectivity index is 1.67. The molecule has 1 aromatic rings. The minimum absolute atomic E-state index is 0.0602.